The summed E-state index contributed by atoms with van der Waals surface area (Å²) in [5, 5.41) is 2.80. The van der Waals surface area contributed by atoms with Crippen LogP contribution in [-0.4, -0.2) is 28.9 Å². The molecule has 3 rings (SSSR count). The highest BCUT2D eigenvalue weighted by Gasteiger charge is 2.35. The van der Waals surface area contributed by atoms with Gasteiger partial charge in [0.25, 0.3) is 11.8 Å². The number of aromatic nitrogens is 1. The van der Waals surface area contributed by atoms with Crippen LogP contribution in [-0.2, 0) is 9.53 Å². The molecule has 1 aromatic heterocycles. The number of ether oxygens (including phenoxy) is 1. The summed E-state index contributed by atoms with van der Waals surface area (Å²) in [6.07, 6.45) is 0.825. The number of benzene rings is 1. The van der Waals surface area contributed by atoms with Gasteiger partial charge in [-0.1, -0.05) is 30.3 Å². The van der Waals surface area contributed by atoms with E-state index in [-0.39, 0.29) is 23.2 Å². The van der Waals surface area contributed by atoms with Gasteiger partial charge in [-0.3, -0.25) is 9.59 Å². The van der Waals surface area contributed by atoms with Crippen LogP contribution in [0.3, 0.4) is 0 Å². The molecule has 0 radical (unpaired) electrons. The highest BCUT2D eigenvalue weighted by atomic mass is 16.5. The van der Waals surface area contributed by atoms with Crippen molar-refractivity contribution in [3.8, 4) is 0 Å². The second-order valence-electron chi connectivity index (χ2n) is 5.27. The molecule has 2 unspecified atom stereocenters. The van der Waals surface area contributed by atoms with Gasteiger partial charge in [-0.05, 0) is 11.6 Å². The van der Waals surface area contributed by atoms with Crippen molar-refractivity contribution in [3.05, 3.63) is 59.4 Å². The molecule has 0 bridgehead atoms. The summed E-state index contributed by atoms with van der Waals surface area (Å²) < 4.78 is 5.23. The number of carbonyl (C=O) groups excluding carboxylic acids is 3. The van der Waals surface area contributed by atoms with Crippen molar-refractivity contribution < 1.29 is 19.1 Å². The number of aromatic amines is 1. The number of primary amides is 1. The molecule has 2 amide bonds. The largest absolute Gasteiger partial charge is 0.449 e. The fraction of sp³-hybridized carbons (Fsp3) is 0.188. The highest BCUT2D eigenvalue weighted by molar-refractivity contribution is 5.97. The molecule has 4 N–H and O–H groups in total. The van der Waals surface area contributed by atoms with Crippen molar-refractivity contribution in [3.63, 3.8) is 0 Å². The Morgan fingerprint density at radius 1 is 1.22 bits per heavy atom. The van der Waals surface area contributed by atoms with Crippen molar-refractivity contribution in [2.75, 3.05) is 0 Å². The number of H-pyrrole nitrogens is 1. The molecule has 0 spiro atoms. The standard InChI is InChI=1S/C16H15N3O4/c17-14(20)12-6-10(8-18-12)16(22)23-13-7-11(19-15(13)21)9-4-2-1-3-5-9/h1-6,8,11,13,18H,7H2,(H2,17,20)(H,19,21). The van der Waals surface area contributed by atoms with E-state index in [1.165, 1.54) is 12.3 Å². The molecule has 2 heterocycles. The molecule has 0 saturated carbocycles. The van der Waals surface area contributed by atoms with E-state index < -0.39 is 18.0 Å². The maximum Gasteiger partial charge on any atom is 0.340 e. The number of carbonyl (C=O) groups is 3. The number of hydrogen-bond donors (Lipinski definition) is 3. The lowest BCUT2D eigenvalue weighted by molar-refractivity contribution is -0.126. The molecule has 23 heavy (non-hydrogen) atoms. The van der Waals surface area contributed by atoms with Crippen LogP contribution in [0.1, 0.15) is 38.9 Å². The molecule has 2 atom stereocenters. The number of nitrogens with two attached hydrogens (primary N) is 1. The minimum Gasteiger partial charge on any atom is -0.449 e. The highest BCUT2D eigenvalue weighted by Crippen LogP contribution is 2.26. The summed E-state index contributed by atoms with van der Waals surface area (Å²) >= 11 is 0. The van der Waals surface area contributed by atoms with E-state index in [0.29, 0.717) is 6.42 Å². The van der Waals surface area contributed by atoms with E-state index in [1.54, 1.807) is 0 Å². The van der Waals surface area contributed by atoms with E-state index >= 15 is 0 Å². The maximum atomic E-state index is 12.1. The molecule has 1 fully saturated rings. The van der Waals surface area contributed by atoms with Crippen molar-refractivity contribution in [1.29, 1.82) is 0 Å². The number of nitrogens with one attached hydrogen (secondary N) is 2. The zero-order valence-corrected chi connectivity index (χ0v) is 12.1. The Bertz CT molecular complexity index is 754. The van der Waals surface area contributed by atoms with Crippen molar-refractivity contribution in [2.45, 2.75) is 18.6 Å². The topological polar surface area (TPSA) is 114 Å². The normalized spacial score (nSPS) is 20.1. The first-order valence-electron chi connectivity index (χ1n) is 7.09. The van der Waals surface area contributed by atoms with Crippen LogP contribution in [0.2, 0.25) is 0 Å². The second-order valence-corrected chi connectivity index (χ2v) is 5.27. The van der Waals surface area contributed by atoms with Crippen LogP contribution in [0.4, 0.5) is 0 Å². The first-order chi connectivity index (χ1) is 11.0. The van der Waals surface area contributed by atoms with E-state index in [0.717, 1.165) is 5.56 Å². The number of rotatable bonds is 4. The molecule has 2 aromatic rings. The van der Waals surface area contributed by atoms with Crippen LogP contribution in [0.25, 0.3) is 0 Å². The molecule has 7 nitrogen and oxygen atoms in total. The summed E-state index contributed by atoms with van der Waals surface area (Å²) in [6, 6.07) is 10.6. The lowest BCUT2D eigenvalue weighted by Crippen LogP contribution is -2.28. The Balaban J connectivity index is 1.67. The smallest absolute Gasteiger partial charge is 0.340 e. The van der Waals surface area contributed by atoms with E-state index in [1.807, 2.05) is 30.3 Å². The van der Waals surface area contributed by atoms with E-state index in [9.17, 15) is 14.4 Å². The zero-order valence-electron chi connectivity index (χ0n) is 12.1. The predicted molar refractivity (Wildman–Crippen MR) is 80.5 cm³/mol. The number of esters is 1. The number of amides is 2. The minimum atomic E-state index is -0.861. The van der Waals surface area contributed by atoms with Gasteiger partial charge < -0.3 is 20.8 Å². The molecule has 1 saturated heterocycles. The van der Waals surface area contributed by atoms with Gasteiger partial charge in [0.2, 0.25) is 0 Å². The first kappa shape index (κ1) is 14.8. The fourth-order valence-electron chi connectivity index (χ4n) is 2.50. The zero-order chi connectivity index (χ0) is 16.4. The summed E-state index contributed by atoms with van der Waals surface area (Å²) in [4.78, 5) is 37.6. The Labute approximate surface area is 131 Å². The quantitative estimate of drug-likeness (QED) is 0.727. The van der Waals surface area contributed by atoms with E-state index in [4.69, 9.17) is 10.5 Å². The molecule has 1 aliphatic rings. The van der Waals surface area contributed by atoms with Crippen molar-refractivity contribution in [2.24, 2.45) is 5.73 Å². The second kappa shape index (κ2) is 5.96. The molecule has 7 heteroatoms. The molecule has 0 aliphatic carbocycles. The van der Waals surface area contributed by atoms with Gasteiger partial charge in [0.1, 0.15) is 5.69 Å². The van der Waals surface area contributed by atoms with Gasteiger partial charge in [-0.25, -0.2) is 4.79 Å². The summed E-state index contributed by atoms with van der Waals surface area (Å²) in [5.74, 6) is -1.69. The lowest BCUT2D eigenvalue weighted by atomic mass is 10.0. The van der Waals surface area contributed by atoms with Gasteiger partial charge in [0.15, 0.2) is 6.10 Å². The number of hydrogen-bond acceptors (Lipinski definition) is 4. The fourth-order valence-corrected chi connectivity index (χ4v) is 2.50. The lowest BCUT2D eigenvalue weighted by Gasteiger charge is -2.10. The van der Waals surface area contributed by atoms with Crippen LogP contribution in [0.5, 0.6) is 0 Å². The van der Waals surface area contributed by atoms with Crippen LogP contribution in [0, 0.1) is 0 Å². The Hall–Kier alpha value is -3.09. The molecule has 1 aliphatic heterocycles. The Morgan fingerprint density at radius 2 is 1.96 bits per heavy atom. The van der Waals surface area contributed by atoms with Gasteiger partial charge in [-0.15, -0.1) is 0 Å². The molecular weight excluding hydrogens is 298 g/mol. The third-order valence-electron chi connectivity index (χ3n) is 3.69. The SMILES string of the molecule is NC(=O)c1cc(C(=O)OC2CC(c3ccccc3)NC2=O)c[nH]1. The van der Waals surface area contributed by atoms with Crippen molar-refractivity contribution in [1.82, 2.24) is 10.3 Å². The van der Waals surface area contributed by atoms with Gasteiger partial charge in [0, 0.05) is 12.6 Å². The summed E-state index contributed by atoms with van der Waals surface area (Å²) in [5.41, 5.74) is 6.32. The average Bonchev–Trinajstić information content (AvgIpc) is 3.16. The first-order valence-corrected chi connectivity index (χ1v) is 7.09. The monoisotopic (exact) mass is 313 g/mol. The van der Waals surface area contributed by atoms with Gasteiger partial charge in [-0.2, -0.15) is 0 Å². The molecule has 1 aromatic carbocycles. The summed E-state index contributed by atoms with van der Waals surface area (Å²) in [6.45, 7) is 0. The Kier molecular flexibility index (Phi) is 3.84. The Morgan fingerprint density at radius 3 is 2.61 bits per heavy atom. The van der Waals surface area contributed by atoms with Crippen molar-refractivity contribution >= 4 is 17.8 Å². The van der Waals surface area contributed by atoms with Gasteiger partial charge in [0.05, 0.1) is 11.6 Å². The molecular formula is C16H15N3O4. The van der Waals surface area contributed by atoms with Crippen LogP contribution >= 0.6 is 0 Å². The van der Waals surface area contributed by atoms with E-state index in [2.05, 4.69) is 10.3 Å². The van der Waals surface area contributed by atoms with Crippen LogP contribution < -0.4 is 11.1 Å². The minimum absolute atomic E-state index is 0.106. The maximum absolute atomic E-state index is 12.1. The summed E-state index contributed by atoms with van der Waals surface area (Å²) in [7, 11) is 0. The van der Waals surface area contributed by atoms with Gasteiger partial charge >= 0.3 is 5.97 Å². The third kappa shape index (κ3) is 3.08. The van der Waals surface area contributed by atoms with Crippen LogP contribution in [0.15, 0.2) is 42.6 Å². The third-order valence-corrected chi connectivity index (χ3v) is 3.69. The molecule has 118 valence electrons. The average molecular weight is 313 g/mol. The predicted octanol–water partition coefficient (Wildman–Crippen LogP) is 0.900.